The van der Waals surface area contributed by atoms with E-state index in [9.17, 15) is 0 Å². The molecule has 0 aromatic carbocycles. The van der Waals surface area contributed by atoms with Crippen molar-refractivity contribution in [3.63, 3.8) is 0 Å². The maximum Gasteiger partial charge on any atom is 0.457 e. The largest absolute Gasteiger partial charge is 0.457 e. The first-order valence-corrected chi connectivity index (χ1v) is 10.9. The van der Waals surface area contributed by atoms with Gasteiger partial charge in [-0.15, -0.1) is 0 Å². The molecule has 0 saturated carbocycles. The minimum Gasteiger partial charge on any atom is -0.403 e. The number of carbonyl (C=O) groups excluding carboxylic acids is 1. The van der Waals surface area contributed by atoms with Crippen LogP contribution < -0.4 is 5.32 Å². The van der Waals surface area contributed by atoms with E-state index in [0.717, 1.165) is 18.3 Å². The van der Waals surface area contributed by atoms with Crippen molar-refractivity contribution in [2.45, 2.75) is 105 Å². The molecule has 2 aliphatic heterocycles. The summed E-state index contributed by atoms with van der Waals surface area (Å²) >= 11 is 0. The van der Waals surface area contributed by atoms with Crippen LogP contribution in [-0.4, -0.2) is 37.5 Å². The fourth-order valence-corrected chi connectivity index (χ4v) is 4.54. The molecule has 2 rings (SSSR count). The Bertz CT molecular complexity index is 502. The van der Waals surface area contributed by atoms with E-state index < -0.39 is 0 Å². The minimum atomic E-state index is -0.202. The Kier molecular flexibility index (Phi) is 8.95. The zero-order valence-electron chi connectivity index (χ0n) is 19.5. The van der Waals surface area contributed by atoms with Crippen molar-refractivity contribution in [2.75, 3.05) is 13.1 Å². The van der Waals surface area contributed by atoms with Crippen LogP contribution in [0.25, 0.3) is 0 Å². The van der Waals surface area contributed by atoms with Crippen LogP contribution in [0.5, 0.6) is 0 Å². The van der Waals surface area contributed by atoms with Crippen molar-refractivity contribution in [2.24, 2.45) is 16.7 Å². The quantitative estimate of drug-likeness (QED) is 0.281. The van der Waals surface area contributed by atoms with Gasteiger partial charge in [0.25, 0.3) is 0 Å². The van der Waals surface area contributed by atoms with Crippen molar-refractivity contribution in [1.82, 2.24) is 5.32 Å². The molecular weight excluding hydrogens is 351 g/mol. The molecule has 162 valence electrons. The predicted octanol–water partition coefficient (Wildman–Crippen LogP) is 5.20. The van der Waals surface area contributed by atoms with Crippen molar-refractivity contribution < 1.29 is 14.1 Å². The highest BCUT2D eigenvalue weighted by atomic mass is 16.7. The van der Waals surface area contributed by atoms with Crippen LogP contribution >= 0.6 is 0 Å². The highest BCUT2D eigenvalue weighted by molar-refractivity contribution is 6.45. The number of nitrogens with one attached hydrogen (secondary N) is 2. The summed E-state index contributed by atoms with van der Waals surface area (Å²) in [6.45, 7) is 20.8. The molecule has 1 unspecified atom stereocenters. The molecule has 28 heavy (non-hydrogen) atoms. The third-order valence-electron chi connectivity index (χ3n) is 7.64. The molecule has 0 amide bonds. The maximum atomic E-state index is 8.35. The molecule has 0 radical (unpaired) electrons. The minimum absolute atomic E-state index is 0.0372. The van der Waals surface area contributed by atoms with E-state index in [-0.39, 0.29) is 18.3 Å². The Balaban J connectivity index is 0.00000122. The molecule has 2 heterocycles. The maximum absolute atomic E-state index is 8.35. The highest BCUT2D eigenvalue weighted by Crippen LogP contribution is 2.51. The molecule has 0 spiro atoms. The van der Waals surface area contributed by atoms with Gasteiger partial charge in [-0.25, -0.2) is 10.2 Å². The molecule has 5 nitrogen and oxygen atoms in total. The standard InChI is InChI=1S/C21H42BNO2.CHNO/c1-18(2,3)21(8,17-11-15-23-16-12-17)13-9-10-14-22-24-19(4,5)20(6,7)25-22;2-1-3/h17,23H,9-16H2,1-8H3;2H. The van der Waals surface area contributed by atoms with Crippen LogP contribution in [0, 0.1) is 22.2 Å². The van der Waals surface area contributed by atoms with E-state index in [2.05, 4.69) is 60.7 Å². The van der Waals surface area contributed by atoms with Crippen LogP contribution in [0.4, 0.5) is 0 Å². The molecule has 0 aliphatic carbocycles. The van der Waals surface area contributed by atoms with E-state index in [1.54, 1.807) is 0 Å². The van der Waals surface area contributed by atoms with Gasteiger partial charge < -0.3 is 14.6 Å². The van der Waals surface area contributed by atoms with Gasteiger partial charge in [0.1, 0.15) is 0 Å². The third kappa shape index (κ3) is 6.16. The normalized spacial score (nSPS) is 24.1. The molecule has 6 heteroatoms. The molecule has 0 aromatic heterocycles. The molecule has 2 saturated heterocycles. The number of hydrogen-bond donors (Lipinski definition) is 2. The first kappa shape index (κ1) is 25.4. The number of unbranched alkanes of at least 4 members (excludes halogenated alkanes) is 1. The number of rotatable bonds is 6. The van der Waals surface area contributed by atoms with E-state index in [1.165, 1.54) is 45.2 Å². The van der Waals surface area contributed by atoms with E-state index in [0.29, 0.717) is 10.8 Å². The van der Waals surface area contributed by atoms with Gasteiger partial charge in [0, 0.05) is 0 Å². The summed E-state index contributed by atoms with van der Waals surface area (Å²) in [7, 11) is -0.0372. The summed E-state index contributed by atoms with van der Waals surface area (Å²) in [5.74, 6) is 0.839. The number of isocyanates is 1. The molecule has 2 N–H and O–H groups in total. The summed E-state index contributed by atoms with van der Waals surface area (Å²) < 4.78 is 12.3. The van der Waals surface area contributed by atoms with Gasteiger partial charge in [0.2, 0.25) is 6.08 Å². The third-order valence-corrected chi connectivity index (χ3v) is 7.64. The van der Waals surface area contributed by atoms with Crippen molar-refractivity contribution >= 4 is 13.2 Å². The van der Waals surface area contributed by atoms with E-state index in [1.807, 2.05) is 0 Å². The van der Waals surface area contributed by atoms with Crippen LogP contribution in [0.1, 0.15) is 87.5 Å². The van der Waals surface area contributed by atoms with Gasteiger partial charge >= 0.3 is 7.12 Å². The zero-order chi connectivity index (χ0) is 21.6. The molecular formula is C22H43BN2O3. The second-order valence-electron chi connectivity index (χ2n) is 10.7. The second kappa shape index (κ2) is 9.89. The van der Waals surface area contributed by atoms with Crippen LogP contribution in [-0.2, 0) is 14.1 Å². The van der Waals surface area contributed by atoms with Crippen molar-refractivity contribution in [3.05, 3.63) is 0 Å². The van der Waals surface area contributed by atoms with Gasteiger partial charge in [-0.1, -0.05) is 40.5 Å². The molecule has 0 aromatic rings. The van der Waals surface area contributed by atoms with E-state index >= 15 is 0 Å². The summed E-state index contributed by atoms with van der Waals surface area (Å²) in [4.78, 5) is 8.35. The average Bonchev–Trinajstić information content (AvgIpc) is 2.79. The Labute approximate surface area is 173 Å². The smallest absolute Gasteiger partial charge is 0.403 e. The van der Waals surface area contributed by atoms with Crippen molar-refractivity contribution in [3.8, 4) is 0 Å². The zero-order valence-corrected chi connectivity index (χ0v) is 19.5. The highest BCUT2D eigenvalue weighted by Gasteiger charge is 2.50. The summed E-state index contributed by atoms with van der Waals surface area (Å²) in [6.07, 6.45) is 8.17. The second-order valence-corrected chi connectivity index (χ2v) is 10.7. The number of piperidine rings is 1. The summed E-state index contributed by atoms with van der Waals surface area (Å²) in [5, 5.41) is 8.93. The SMILES string of the molecule is CC(C)(C)C(C)(CCCCB1OC(C)(C)C(C)(C)O1)C1CCNCC1.N=C=O. The van der Waals surface area contributed by atoms with Gasteiger partial charge in [-0.3, -0.25) is 0 Å². The lowest BCUT2D eigenvalue weighted by molar-refractivity contribution is 0.00578. The fourth-order valence-electron chi connectivity index (χ4n) is 4.54. The van der Waals surface area contributed by atoms with Gasteiger partial charge in [0.15, 0.2) is 0 Å². The van der Waals surface area contributed by atoms with Crippen LogP contribution in [0.15, 0.2) is 0 Å². The van der Waals surface area contributed by atoms with Gasteiger partial charge in [-0.05, 0) is 83.1 Å². The molecule has 0 bridgehead atoms. The lowest BCUT2D eigenvalue weighted by atomic mass is 9.56. The molecule has 2 fully saturated rings. The first-order chi connectivity index (χ1) is 12.8. The fraction of sp³-hybridized carbons (Fsp3) is 0.955. The topological polar surface area (TPSA) is 71.4 Å². The summed E-state index contributed by atoms with van der Waals surface area (Å²) in [6, 6.07) is 0. The van der Waals surface area contributed by atoms with Crippen LogP contribution in [0.3, 0.4) is 0 Å². The molecule has 1 atom stereocenters. The monoisotopic (exact) mass is 394 g/mol. The number of hydrogen-bond acceptors (Lipinski definition) is 5. The van der Waals surface area contributed by atoms with Crippen molar-refractivity contribution in [1.29, 1.82) is 5.41 Å². The van der Waals surface area contributed by atoms with Crippen LogP contribution in [0.2, 0.25) is 6.32 Å². The molecule has 2 aliphatic rings. The lowest BCUT2D eigenvalue weighted by Crippen LogP contribution is -2.44. The lowest BCUT2D eigenvalue weighted by Gasteiger charge is -2.49. The summed E-state index contributed by atoms with van der Waals surface area (Å²) in [5.41, 5.74) is 0.351. The Morgan fingerprint density at radius 2 is 1.50 bits per heavy atom. The Morgan fingerprint density at radius 3 is 1.93 bits per heavy atom. The average molecular weight is 394 g/mol. The predicted molar refractivity (Wildman–Crippen MR) is 116 cm³/mol. The van der Waals surface area contributed by atoms with Gasteiger partial charge in [0.05, 0.1) is 11.2 Å². The van der Waals surface area contributed by atoms with E-state index in [4.69, 9.17) is 19.5 Å². The Hall–Kier alpha value is -0.675. The Morgan fingerprint density at radius 1 is 1.04 bits per heavy atom. The first-order valence-electron chi connectivity index (χ1n) is 10.9. The van der Waals surface area contributed by atoms with Gasteiger partial charge in [-0.2, -0.15) is 0 Å².